The average molecular weight is 717 g/mol. The quantitative estimate of drug-likeness (QED) is 0.172. The van der Waals surface area contributed by atoms with Gasteiger partial charge in [0.1, 0.15) is 11.2 Å². The molecule has 0 N–H and O–H groups in total. The van der Waals surface area contributed by atoms with Crippen molar-refractivity contribution in [1.82, 2.24) is 19.5 Å². The van der Waals surface area contributed by atoms with Gasteiger partial charge in [0.25, 0.3) is 0 Å². The summed E-state index contributed by atoms with van der Waals surface area (Å²) in [5.41, 5.74) is 12.6. The lowest BCUT2D eigenvalue weighted by molar-refractivity contribution is 0.669. The number of fused-ring (bicyclic) bond motifs is 6. The standard InChI is InChI=1S/C51H32N4O/c1-4-13-33(14-5-1)49-52-50(34-15-6-2-7-16-34)54-51(53-49)39-25-28-48-44(32-39)43-31-38(24-27-47(43)56-48)36-18-12-17-35(29-36)37-23-26-46-42(30-37)41-21-10-11-22-45(41)55(46)40-19-8-3-9-20-40/h1-32H. The molecule has 0 amide bonds. The first kappa shape index (κ1) is 31.9. The highest BCUT2D eigenvalue weighted by Gasteiger charge is 2.17. The second kappa shape index (κ2) is 13.0. The van der Waals surface area contributed by atoms with E-state index in [4.69, 9.17) is 19.4 Å². The lowest BCUT2D eigenvalue weighted by Gasteiger charge is -2.09. The molecule has 0 bridgehead atoms. The number of aromatic nitrogens is 4. The number of para-hydroxylation sites is 2. The van der Waals surface area contributed by atoms with Gasteiger partial charge in [-0.2, -0.15) is 0 Å². The molecule has 5 nitrogen and oxygen atoms in total. The molecule has 0 aliphatic heterocycles. The number of benzene rings is 8. The summed E-state index contributed by atoms with van der Waals surface area (Å²) in [4.78, 5) is 14.8. The van der Waals surface area contributed by atoms with Crippen LogP contribution >= 0.6 is 0 Å². The Morgan fingerprint density at radius 3 is 1.39 bits per heavy atom. The van der Waals surface area contributed by atoms with Gasteiger partial charge in [0.15, 0.2) is 17.5 Å². The summed E-state index contributed by atoms with van der Waals surface area (Å²) in [7, 11) is 0. The highest BCUT2D eigenvalue weighted by Crippen LogP contribution is 2.38. The lowest BCUT2D eigenvalue weighted by Crippen LogP contribution is -2.00. The Kier molecular flexibility index (Phi) is 7.42. The predicted octanol–water partition coefficient (Wildman–Crippen LogP) is 13.2. The highest BCUT2D eigenvalue weighted by molar-refractivity contribution is 6.11. The summed E-state index contributed by atoms with van der Waals surface area (Å²) in [5, 5.41) is 4.53. The van der Waals surface area contributed by atoms with Crippen LogP contribution in [0, 0.1) is 0 Å². The molecule has 0 radical (unpaired) electrons. The molecule has 56 heavy (non-hydrogen) atoms. The summed E-state index contributed by atoms with van der Waals surface area (Å²) in [6.07, 6.45) is 0. The third-order valence-corrected chi connectivity index (χ3v) is 10.6. The zero-order chi connectivity index (χ0) is 37.0. The van der Waals surface area contributed by atoms with Crippen LogP contribution in [0.25, 0.3) is 106 Å². The molecular formula is C51H32N4O. The molecule has 0 unspecified atom stereocenters. The first-order valence-electron chi connectivity index (χ1n) is 18.8. The van der Waals surface area contributed by atoms with Crippen molar-refractivity contribution >= 4 is 43.7 Å². The molecular weight excluding hydrogens is 685 g/mol. The molecule has 0 aliphatic rings. The van der Waals surface area contributed by atoms with Gasteiger partial charge >= 0.3 is 0 Å². The average Bonchev–Trinajstić information content (AvgIpc) is 3.82. The van der Waals surface area contributed by atoms with Gasteiger partial charge in [-0.05, 0) is 89.0 Å². The monoisotopic (exact) mass is 716 g/mol. The fourth-order valence-corrected chi connectivity index (χ4v) is 7.92. The van der Waals surface area contributed by atoms with Gasteiger partial charge < -0.3 is 8.98 Å². The maximum absolute atomic E-state index is 6.37. The van der Waals surface area contributed by atoms with E-state index in [9.17, 15) is 0 Å². The minimum atomic E-state index is 0.613. The molecule has 0 spiro atoms. The van der Waals surface area contributed by atoms with Gasteiger partial charge in [0.05, 0.1) is 11.0 Å². The van der Waals surface area contributed by atoms with E-state index in [-0.39, 0.29) is 0 Å². The minimum Gasteiger partial charge on any atom is -0.456 e. The fourth-order valence-electron chi connectivity index (χ4n) is 7.92. The Bertz CT molecular complexity index is 3180. The maximum Gasteiger partial charge on any atom is 0.164 e. The molecule has 0 atom stereocenters. The first-order valence-corrected chi connectivity index (χ1v) is 18.8. The van der Waals surface area contributed by atoms with Crippen LogP contribution < -0.4 is 0 Å². The SMILES string of the molecule is c1ccc(-c2nc(-c3ccccc3)nc(-c3ccc4oc5ccc(-c6cccc(-c7ccc8c(c7)c7ccccc7n8-c7ccccc7)c6)cc5c4c3)n2)cc1. The van der Waals surface area contributed by atoms with Crippen LogP contribution in [0.3, 0.4) is 0 Å². The van der Waals surface area contributed by atoms with Crippen molar-refractivity contribution in [3.8, 4) is 62.1 Å². The molecule has 11 aromatic rings. The van der Waals surface area contributed by atoms with Crippen molar-refractivity contribution in [2.45, 2.75) is 0 Å². The van der Waals surface area contributed by atoms with E-state index in [1.807, 2.05) is 72.8 Å². The Hall–Kier alpha value is -7.63. The largest absolute Gasteiger partial charge is 0.456 e. The van der Waals surface area contributed by atoms with Crippen LogP contribution in [-0.2, 0) is 0 Å². The Morgan fingerprint density at radius 2 is 0.750 bits per heavy atom. The topological polar surface area (TPSA) is 56.7 Å². The van der Waals surface area contributed by atoms with Gasteiger partial charge in [0, 0.05) is 43.9 Å². The third kappa shape index (κ3) is 5.45. The van der Waals surface area contributed by atoms with E-state index in [0.29, 0.717) is 17.5 Å². The van der Waals surface area contributed by atoms with E-state index in [0.717, 1.165) is 55.4 Å². The molecule has 5 heteroatoms. The number of furan rings is 1. The molecule has 0 aliphatic carbocycles. The zero-order valence-electron chi connectivity index (χ0n) is 30.2. The second-order valence-electron chi connectivity index (χ2n) is 14.1. The van der Waals surface area contributed by atoms with Gasteiger partial charge in [-0.15, -0.1) is 0 Å². The van der Waals surface area contributed by atoms with Crippen molar-refractivity contribution in [2.75, 3.05) is 0 Å². The van der Waals surface area contributed by atoms with E-state index in [1.165, 1.54) is 32.9 Å². The van der Waals surface area contributed by atoms with Crippen molar-refractivity contribution < 1.29 is 4.42 Å². The van der Waals surface area contributed by atoms with Crippen LogP contribution in [0.15, 0.2) is 199 Å². The number of hydrogen-bond acceptors (Lipinski definition) is 4. The normalized spacial score (nSPS) is 11.6. The Labute approximate surface area is 322 Å². The molecule has 3 heterocycles. The lowest BCUT2D eigenvalue weighted by atomic mass is 9.97. The summed E-state index contributed by atoms with van der Waals surface area (Å²) in [6.45, 7) is 0. The molecule has 0 saturated heterocycles. The van der Waals surface area contributed by atoms with Gasteiger partial charge in [0.2, 0.25) is 0 Å². The zero-order valence-corrected chi connectivity index (χ0v) is 30.2. The highest BCUT2D eigenvalue weighted by atomic mass is 16.3. The summed E-state index contributed by atoms with van der Waals surface area (Å²) in [6, 6.07) is 67.6. The molecule has 8 aromatic carbocycles. The van der Waals surface area contributed by atoms with Crippen molar-refractivity contribution in [3.63, 3.8) is 0 Å². The van der Waals surface area contributed by atoms with Crippen LogP contribution in [0.1, 0.15) is 0 Å². The summed E-state index contributed by atoms with van der Waals surface area (Å²) in [5.74, 6) is 1.88. The molecule has 0 fully saturated rings. The summed E-state index contributed by atoms with van der Waals surface area (Å²) < 4.78 is 8.72. The predicted molar refractivity (Wildman–Crippen MR) is 229 cm³/mol. The van der Waals surface area contributed by atoms with E-state index < -0.39 is 0 Å². The van der Waals surface area contributed by atoms with Crippen LogP contribution in [0.5, 0.6) is 0 Å². The van der Waals surface area contributed by atoms with Crippen LogP contribution in [0.2, 0.25) is 0 Å². The van der Waals surface area contributed by atoms with Crippen molar-refractivity contribution in [3.05, 3.63) is 194 Å². The number of hydrogen-bond donors (Lipinski definition) is 0. The van der Waals surface area contributed by atoms with Gasteiger partial charge in [-0.25, -0.2) is 15.0 Å². The maximum atomic E-state index is 6.37. The van der Waals surface area contributed by atoms with E-state index in [2.05, 4.69) is 126 Å². The van der Waals surface area contributed by atoms with Gasteiger partial charge in [-0.1, -0.05) is 127 Å². The van der Waals surface area contributed by atoms with Gasteiger partial charge in [-0.3, -0.25) is 0 Å². The third-order valence-electron chi connectivity index (χ3n) is 10.6. The Morgan fingerprint density at radius 1 is 0.304 bits per heavy atom. The van der Waals surface area contributed by atoms with E-state index in [1.54, 1.807) is 0 Å². The fraction of sp³-hybridized carbons (Fsp3) is 0. The summed E-state index contributed by atoms with van der Waals surface area (Å²) >= 11 is 0. The second-order valence-corrected chi connectivity index (χ2v) is 14.1. The first-order chi connectivity index (χ1) is 27.7. The molecule has 0 saturated carbocycles. The number of nitrogens with zero attached hydrogens (tertiary/aromatic N) is 4. The molecule has 3 aromatic heterocycles. The number of rotatable bonds is 6. The van der Waals surface area contributed by atoms with Crippen molar-refractivity contribution in [1.29, 1.82) is 0 Å². The minimum absolute atomic E-state index is 0.613. The Balaban J connectivity index is 0.995. The molecule has 11 rings (SSSR count). The van der Waals surface area contributed by atoms with E-state index >= 15 is 0 Å². The van der Waals surface area contributed by atoms with Crippen molar-refractivity contribution in [2.24, 2.45) is 0 Å². The van der Waals surface area contributed by atoms with Crippen LogP contribution in [0.4, 0.5) is 0 Å². The smallest absolute Gasteiger partial charge is 0.164 e. The molecule has 262 valence electrons. The van der Waals surface area contributed by atoms with Crippen LogP contribution in [-0.4, -0.2) is 19.5 Å².